The summed E-state index contributed by atoms with van der Waals surface area (Å²) in [4.78, 5) is 15.9. The van der Waals surface area contributed by atoms with Crippen molar-refractivity contribution in [1.29, 1.82) is 0 Å². The highest BCUT2D eigenvalue weighted by molar-refractivity contribution is 5.91. The van der Waals surface area contributed by atoms with E-state index < -0.39 is 0 Å². The fourth-order valence-corrected chi connectivity index (χ4v) is 3.88. The van der Waals surface area contributed by atoms with Gasteiger partial charge in [-0.3, -0.25) is 9.78 Å². The van der Waals surface area contributed by atoms with Gasteiger partial charge in [0, 0.05) is 48.7 Å². The molecule has 0 aliphatic rings. The monoisotopic (exact) mass is 453 g/mol. The second-order valence-corrected chi connectivity index (χ2v) is 8.33. The maximum absolute atomic E-state index is 11.9. The minimum Gasteiger partial charge on any atom is -0.489 e. The maximum Gasteiger partial charge on any atom is 0.243 e. The van der Waals surface area contributed by atoms with Gasteiger partial charge in [0.05, 0.1) is 0 Å². The van der Waals surface area contributed by atoms with Gasteiger partial charge in [-0.2, -0.15) is 0 Å². The third-order valence-corrected chi connectivity index (χ3v) is 5.73. The summed E-state index contributed by atoms with van der Waals surface area (Å²) in [5, 5.41) is 4.15. The summed E-state index contributed by atoms with van der Waals surface area (Å²) in [7, 11) is 0. The van der Waals surface area contributed by atoms with Crippen LogP contribution in [-0.4, -0.2) is 22.0 Å². The second kappa shape index (κ2) is 12.4. The molecule has 0 fully saturated rings. The minimum absolute atomic E-state index is 0.0604. The molecule has 0 bridgehead atoms. The highest BCUT2D eigenvalue weighted by Crippen LogP contribution is 2.23. The number of nitrogens with one attached hydrogen (secondary N) is 1. The first-order valence-electron chi connectivity index (χ1n) is 11.9. The predicted molar refractivity (Wildman–Crippen MR) is 137 cm³/mol. The van der Waals surface area contributed by atoms with Gasteiger partial charge < -0.3 is 14.6 Å². The number of fused-ring (bicyclic) bond motifs is 1. The van der Waals surface area contributed by atoms with Crippen molar-refractivity contribution in [1.82, 2.24) is 14.9 Å². The Labute approximate surface area is 201 Å². The Balaban J connectivity index is 1.13. The molecule has 5 heteroatoms. The van der Waals surface area contributed by atoms with E-state index in [-0.39, 0.29) is 5.91 Å². The molecular formula is C29H31N3O2. The molecule has 2 aromatic heterocycles. The van der Waals surface area contributed by atoms with Crippen LogP contribution >= 0.6 is 0 Å². The van der Waals surface area contributed by atoms with Gasteiger partial charge in [-0.1, -0.05) is 49.2 Å². The minimum atomic E-state index is -0.0604. The number of pyridine rings is 1. The van der Waals surface area contributed by atoms with Crippen LogP contribution in [0.15, 0.2) is 91.4 Å². The fraction of sp³-hybridized carbons (Fsp3) is 0.241. The molecule has 0 unspecified atom stereocenters. The Hall–Kier alpha value is -3.86. The topological polar surface area (TPSA) is 56.2 Å². The number of aromatic nitrogens is 2. The SMILES string of the molecule is O=C(/C=C/c1cccnc1)NCCCCCCn1ccc2cc(OCc3ccccc3)ccc21. The van der Waals surface area contributed by atoms with Gasteiger partial charge in [0.25, 0.3) is 0 Å². The molecule has 5 nitrogen and oxygen atoms in total. The number of ether oxygens (including phenoxy) is 1. The van der Waals surface area contributed by atoms with E-state index in [0.29, 0.717) is 13.2 Å². The first kappa shape index (κ1) is 23.3. The Morgan fingerprint density at radius 3 is 2.71 bits per heavy atom. The zero-order valence-electron chi connectivity index (χ0n) is 19.4. The number of unbranched alkanes of at least 4 members (excludes halogenated alkanes) is 3. The highest BCUT2D eigenvalue weighted by Gasteiger charge is 2.04. The van der Waals surface area contributed by atoms with Crippen molar-refractivity contribution in [3.63, 3.8) is 0 Å². The lowest BCUT2D eigenvalue weighted by Crippen LogP contribution is -2.21. The predicted octanol–water partition coefficient (Wildman–Crippen LogP) is 6.01. The Kier molecular flexibility index (Phi) is 8.50. The van der Waals surface area contributed by atoms with Crippen LogP contribution in [0.25, 0.3) is 17.0 Å². The van der Waals surface area contributed by atoms with Crippen LogP contribution in [0.5, 0.6) is 5.75 Å². The van der Waals surface area contributed by atoms with Gasteiger partial charge in [0.15, 0.2) is 0 Å². The summed E-state index contributed by atoms with van der Waals surface area (Å²) in [6.07, 6.45) is 13.3. The lowest BCUT2D eigenvalue weighted by molar-refractivity contribution is -0.116. The maximum atomic E-state index is 11.9. The van der Waals surface area contributed by atoms with Crippen LogP contribution in [0.2, 0.25) is 0 Å². The van der Waals surface area contributed by atoms with Crippen molar-refractivity contribution < 1.29 is 9.53 Å². The summed E-state index contributed by atoms with van der Waals surface area (Å²) in [6.45, 7) is 2.27. The van der Waals surface area contributed by atoms with E-state index in [1.54, 1.807) is 24.5 Å². The van der Waals surface area contributed by atoms with Gasteiger partial charge in [-0.15, -0.1) is 0 Å². The van der Waals surface area contributed by atoms with Gasteiger partial charge in [0.2, 0.25) is 5.91 Å². The molecule has 0 aliphatic carbocycles. The molecule has 0 atom stereocenters. The summed E-state index contributed by atoms with van der Waals surface area (Å²) in [5.41, 5.74) is 3.33. The molecule has 0 saturated carbocycles. The first-order valence-corrected chi connectivity index (χ1v) is 11.9. The van der Waals surface area contributed by atoms with Crippen molar-refractivity contribution >= 4 is 22.9 Å². The zero-order valence-corrected chi connectivity index (χ0v) is 19.4. The third-order valence-electron chi connectivity index (χ3n) is 5.73. The van der Waals surface area contributed by atoms with Gasteiger partial charge in [-0.05, 0) is 60.4 Å². The molecule has 4 aromatic rings. The van der Waals surface area contributed by atoms with Crippen molar-refractivity contribution in [2.24, 2.45) is 0 Å². The number of rotatable bonds is 12. The fourth-order valence-electron chi connectivity index (χ4n) is 3.88. The van der Waals surface area contributed by atoms with Gasteiger partial charge >= 0.3 is 0 Å². The lowest BCUT2D eigenvalue weighted by Gasteiger charge is -2.08. The number of hydrogen-bond donors (Lipinski definition) is 1. The number of hydrogen-bond acceptors (Lipinski definition) is 3. The molecule has 174 valence electrons. The number of carbonyl (C=O) groups is 1. The Morgan fingerprint density at radius 1 is 0.971 bits per heavy atom. The lowest BCUT2D eigenvalue weighted by atomic mass is 10.2. The van der Waals surface area contributed by atoms with E-state index in [1.165, 1.54) is 16.5 Å². The molecular weight excluding hydrogens is 422 g/mol. The van der Waals surface area contributed by atoms with Crippen molar-refractivity contribution in [2.75, 3.05) is 6.54 Å². The normalized spacial score (nSPS) is 11.2. The second-order valence-electron chi connectivity index (χ2n) is 8.33. The van der Waals surface area contributed by atoms with E-state index >= 15 is 0 Å². The number of amides is 1. The van der Waals surface area contributed by atoms with Crippen LogP contribution in [0.4, 0.5) is 0 Å². The summed E-state index contributed by atoms with van der Waals surface area (Å²) >= 11 is 0. The molecule has 2 heterocycles. The van der Waals surface area contributed by atoms with E-state index in [9.17, 15) is 4.79 Å². The van der Waals surface area contributed by atoms with Crippen molar-refractivity contribution in [2.45, 2.75) is 38.8 Å². The quantitative estimate of drug-likeness (QED) is 0.211. The molecule has 0 spiro atoms. The average Bonchev–Trinajstić information content (AvgIpc) is 3.29. The number of benzene rings is 2. The molecule has 1 amide bonds. The van der Waals surface area contributed by atoms with E-state index in [2.05, 4.69) is 51.4 Å². The Bertz CT molecular complexity index is 1200. The summed E-state index contributed by atoms with van der Waals surface area (Å²) < 4.78 is 8.26. The van der Waals surface area contributed by atoms with Crippen molar-refractivity contribution in [3.8, 4) is 5.75 Å². The van der Waals surface area contributed by atoms with Crippen LogP contribution < -0.4 is 10.1 Å². The zero-order chi connectivity index (χ0) is 23.4. The molecule has 1 N–H and O–H groups in total. The third kappa shape index (κ3) is 7.07. The molecule has 0 aliphatic heterocycles. The number of carbonyl (C=O) groups excluding carboxylic acids is 1. The van der Waals surface area contributed by atoms with E-state index in [0.717, 1.165) is 43.5 Å². The van der Waals surface area contributed by atoms with E-state index in [4.69, 9.17) is 4.74 Å². The van der Waals surface area contributed by atoms with Crippen LogP contribution in [-0.2, 0) is 17.9 Å². The smallest absolute Gasteiger partial charge is 0.243 e. The number of aryl methyl sites for hydroxylation is 1. The van der Waals surface area contributed by atoms with Gasteiger partial charge in [0.1, 0.15) is 12.4 Å². The van der Waals surface area contributed by atoms with Gasteiger partial charge in [-0.25, -0.2) is 0 Å². The first-order chi connectivity index (χ1) is 16.8. The highest BCUT2D eigenvalue weighted by atomic mass is 16.5. The van der Waals surface area contributed by atoms with Crippen LogP contribution in [0, 0.1) is 0 Å². The largest absolute Gasteiger partial charge is 0.489 e. The molecule has 0 saturated heterocycles. The molecule has 2 aromatic carbocycles. The standard InChI is InChI=1S/C29H31N3O2/c33-29(15-12-24-11-8-17-30-22-24)31-18-6-1-2-7-19-32-20-16-26-21-27(13-14-28(26)32)34-23-25-9-4-3-5-10-25/h3-5,8-17,20-22H,1-2,6-7,18-19,23H2,(H,31,33)/b15-12+. The average molecular weight is 454 g/mol. The molecule has 4 rings (SSSR count). The molecule has 34 heavy (non-hydrogen) atoms. The number of nitrogens with zero attached hydrogens (tertiary/aromatic N) is 2. The Morgan fingerprint density at radius 2 is 1.85 bits per heavy atom. The summed E-state index contributed by atoms with van der Waals surface area (Å²) in [5.74, 6) is 0.834. The molecule has 0 radical (unpaired) electrons. The van der Waals surface area contributed by atoms with Crippen LogP contribution in [0.1, 0.15) is 36.8 Å². The van der Waals surface area contributed by atoms with E-state index in [1.807, 2.05) is 36.4 Å². The van der Waals surface area contributed by atoms with Crippen molar-refractivity contribution in [3.05, 3.63) is 103 Å². The van der Waals surface area contributed by atoms with Crippen LogP contribution in [0.3, 0.4) is 0 Å². The summed E-state index contributed by atoms with van der Waals surface area (Å²) in [6, 6.07) is 22.4.